The van der Waals surface area contributed by atoms with E-state index in [9.17, 15) is 9.90 Å². The van der Waals surface area contributed by atoms with Crippen molar-refractivity contribution in [3.8, 4) is 5.75 Å². The number of methoxy groups -OCH3 is 1. The lowest BCUT2D eigenvalue weighted by atomic mass is 10.1. The van der Waals surface area contributed by atoms with Crippen LogP contribution in [0.25, 0.3) is 10.9 Å². The molecule has 0 radical (unpaired) electrons. The van der Waals surface area contributed by atoms with Gasteiger partial charge in [0.05, 0.1) is 30.6 Å². The van der Waals surface area contributed by atoms with Crippen LogP contribution in [0.2, 0.25) is 5.02 Å². The first-order valence-electron chi connectivity index (χ1n) is 7.53. The number of carbonyl (C=O) groups is 1. The SMILES string of the molecule is COc1cc2c(CC(=O)O)c(C)n(Cc3ccc(C)s3)c2cc1Cl. The summed E-state index contributed by atoms with van der Waals surface area (Å²) in [5.74, 6) is -0.294. The highest BCUT2D eigenvalue weighted by Gasteiger charge is 2.19. The second-order valence-corrected chi connectivity index (χ2v) is 7.52. The van der Waals surface area contributed by atoms with Gasteiger partial charge in [-0.25, -0.2) is 0 Å². The predicted octanol–water partition coefficient (Wildman–Crippen LogP) is 4.66. The number of halogens is 1. The number of rotatable bonds is 5. The van der Waals surface area contributed by atoms with Crippen molar-refractivity contribution >= 4 is 39.8 Å². The van der Waals surface area contributed by atoms with Crippen LogP contribution in [0.3, 0.4) is 0 Å². The molecule has 0 atom stereocenters. The highest BCUT2D eigenvalue weighted by Crippen LogP contribution is 2.35. The molecule has 0 saturated heterocycles. The molecule has 1 N–H and O–H groups in total. The van der Waals surface area contributed by atoms with Crippen molar-refractivity contribution in [2.24, 2.45) is 0 Å². The molecular weight excluding hydrogens is 346 g/mol. The van der Waals surface area contributed by atoms with Gasteiger partial charge in [0.15, 0.2) is 0 Å². The van der Waals surface area contributed by atoms with Crippen LogP contribution in [0.15, 0.2) is 24.3 Å². The number of ether oxygens (including phenoxy) is 1. The fourth-order valence-electron chi connectivity index (χ4n) is 3.01. The van der Waals surface area contributed by atoms with E-state index in [4.69, 9.17) is 16.3 Å². The Kier molecular flexibility index (Phi) is 4.56. The maximum atomic E-state index is 11.3. The molecule has 0 saturated carbocycles. The Morgan fingerprint density at radius 2 is 2.08 bits per heavy atom. The van der Waals surface area contributed by atoms with E-state index in [0.717, 1.165) is 22.2 Å². The van der Waals surface area contributed by atoms with Crippen molar-refractivity contribution in [1.29, 1.82) is 0 Å². The third kappa shape index (κ3) is 3.01. The third-order valence-corrected chi connectivity index (χ3v) is 5.45. The molecule has 0 aliphatic carbocycles. The standard InChI is InChI=1S/C18H18ClNO3S/c1-10-4-5-12(24-10)9-20-11(2)13(7-18(21)22)14-6-17(23-3)15(19)8-16(14)20/h4-6,8H,7,9H2,1-3H3,(H,21,22). The number of thiophene rings is 1. The summed E-state index contributed by atoms with van der Waals surface area (Å²) < 4.78 is 7.43. The Balaban J connectivity index is 2.21. The maximum Gasteiger partial charge on any atom is 0.307 e. The van der Waals surface area contributed by atoms with Crippen molar-refractivity contribution in [3.05, 3.63) is 50.3 Å². The first-order valence-corrected chi connectivity index (χ1v) is 8.72. The fourth-order valence-corrected chi connectivity index (χ4v) is 4.12. The molecule has 0 amide bonds. The zero-order valence-corrected chi connectivity index (χ0v) is 15.3. The number of carboxylic acid groups (broad SMARTS) is 1. The van der Waals surface area contributed by atoms with Gasteiger partial charge in [0.2, 0.25) is 0 Å². The minimum Gasteiger partial charge on any atom is -0.495 e. The quantitative estimate of drug-likeness (QED) is 0.717. The molecular formula is C18H18ClNO3S. The summed E-state index contributed by atoms with van der Waals surface area (Å²) in [5.41, 5.74) is 2.68. The van der Waals surface area contributed by atoms with Crippen molar-refractivity contribution in [2.75, 3.05) is 7.11 Å². The fraction of sp³-hybridized carbons (Fsp3) is 0.278. The number of carboxylic acids is 1. The van der Waals surface area contributed by atoms with Crippen LogP contribution in [0.5, 0.6) is 5.75 Å². The monoisotopic (exact) mass is 363 g/mol. The van der Waals surface area contributed by atoms with E-state index in [-0.39, 0.29) is 6.42 Å². The van der Waals surface area contributed by atoms with E-state index >= 15 is 0 Å². The van der Waals surface area contributed by atoms with E-state index in [1.165, 1.54) is 9.75 Å². The van der Waals surface area contributed by atoms with Crippen molar-refractivity contribution in [1.82, 2.24) is 4.57 Å². The zero-order valence-electron chi connectivity index (χ0n) is 13.7. The Bertz CT molecular complexity index is 926. The summed E-state index contributed by atoms with van der Waals surface area (Å²) >= 11 is 8.04. The second kappa shape index (κ2) is 6.49. The summed E-state index contributed by atoms with van der Waals surface area (Å²) in [5, 5.41) is 10.7. The third-order valence-electron chi connectivity index (χ3n) is 4.17. The number of aromatic nitrogens is 1. The van der Waals surface area contributed by atoms with E-state index in [2.05, 4.69) is 23.6 Å². The Morgan fingerprint density at radius 3 is 2.67 bits per heavy atom. The number of benzene rings is 1. The lowest BCUT2D eigenvalue weighted by Gasteiger charge is -2.08. The van der Waals surface area contributed by atoms with Gasteiger partial charge in [-0.05, 0) is 43.7 Å². The topological polar surface area (TPSA) is 51.5 Å². The van der Waals surface area contributed by atoms with E-state index in [1.54, 1.807) is 18.4 Å². The van der Waals surface area contributed by atoms with Gasteiger partial charge in [-0.3, -0.25) is 4.79 Å². The van der Waals surface area contributed by atoms with Gasteiger partial charge in [-0.2, -0.15) is 0 Å². The van der Waals surface area contributed by atoms with Gasteiger partial charge < -0.3 is 14.4 Å². The van der Waals surface area contributed by atoms with Crippen LogP contribution in [0.1, 0.15) is 21.0 Å². The van der Waals surface area contributed by atoms with Crippen LogP contribution in [0.4, 0.5) is 0 Å². The van der Waals surface area contributed by atoms with Crippen LogP contribution < -0.4 is 4.74 Å². The van der Waals surface area contributed by atoms with Crippen molar-refractivity contribution in [3.63, 3.8) is 0 Å². The molecule has 0 bridgehead atoms. The van der Waals surface area contributed by atoms with Crippen molar-refractivity contribution in [2.45, 2.75) is 26.8 Å². The molecule has 6 heteroatoms. The summed E-state index contributed by atoms with van der Waals surface area (Å²) in [4.78, 5) is 13.8. The molecule has 0 aliphatic heterocycles. The second-order valence-electron chi connectivity index (χ2n) is 5.74. The highest BCUT2D eigenvalue weighted by atomic mass is 35.5. The molecule has 0 fully saturated rings. The summed E-state index contributed by atoms with van der Waals surface area (Å²) in [6.45, 7) is 4.73. The lowest BCUT2D eigenvalue weighted by Crippen LogP contribution is -2.04. The molecule has 4 nitrogen and oxygen atoms in total. The highest BCUT2D eigenvalue weighted by molar-refractivity contribution is 7.11. The smallest absolute Gasteiger partial charge is 0.307 e. The molecule has 0 spiro atoms. The Labute approximate surface area is 149 Å². The minimum absolute atomic E-state index is 0.0242. The van der Waals surface area contributed by atoms with E-state index in [0.29, 0.717) is 17.3 Å². The number of fused-ring (bicyclic) bond motifs is 1. The molecule has 3 rings (SSSR count). The zero-order chi connectivity index (χ0) is 17.4. The molecule has 1 aromatic carbocycles. The Morgan fingerprint density at radius 1 is 1.33 bits per heavy atom. The molecule has 3 aromatic rings. The van der Waals surface area contributed by atoms with Crippen molar-refractivity contribution < 1.29 is 14.6 Å². The van der Waals surface area contributed by atoms with Gasteiger partial charge in [-0.1, -0.05) is 11.6 Å². The molecule has 24 heavy (non-hydrogen) atoms. The van der Waals surface area contributed by atoms with Crippen LogP contribution >= 0.6 is 22.9 Å². The molecule has 126 valence electrons. The molecule has 0 aliphatic rings. The molecule has 0 unspecified atom stereocenters. The average molecular weight is 364 g/mol. The predicted molar refractivity (Wildman–Crippen MR) is 97.7 cm³/mol. The number of aliphatic carboxylic acids is 1. The van der Waals surface area contributed by atoms with Crippen LogP contribution in [-0.2, 0) is 17.8 Å². The number of nitrogens with zero attached hydrogens (tertiary/aromatic N) is 1. The van der Waals surface area contributed by atoms with Crippen LogP contribution in [-0.4, -0.2) is 22.8 Å². The normalized spacial score (nSPS) is 11.2. The van der Waals surface area contributed by atoms with E-state index in [1.807, 2.05) is 19.1 Å². The lowest BCUT2D eigenvalue weighted by molar-refractivity contribution is -0.136. The maximum absolute atomic E-state index is 11.3. The van der Waals surface area contributed by atoms with Gasteiger partial charge in [0, 0.05) is 20.8 Å². The summed E-state index contributed by atoms with van der Waals surface area (Å²) in [6.07, 6.45) is -0.0242. The number of hydrogen-bond acceptors (Lipinski definition) is 3. The van der Waals surface area contributed by atoms with Gasteiger partial charge in [0.25, 0.3) is 0 Å². The average Bonchev–Trinajstić information content (AvgIpc) is 3.03. The van der Waals surface area contributed by atoms with Gasteiger partial charge in [0.1, 0.15) is 5.75 Å². The van der Waals surface area contributed by atoms with Gasteiger partial charge >= 0.3 is 5.97 Å². The minimum atomic E-state index is -0.849. The summed E-state index contributed by atoms with van der Waals surface area (Å²) in [7, 11) is 1.56. The summed E-state index contributed by atoms with van der Waals surface area (Å²) in [6, 6.07) is 7.89. The number of hydrogen-bond donors (Lipinski definition) is 1. The van der Waals surface area contributed by atoms with Crippen LogP contribution in [0, 0.1) is 13.8 Å². The van der Waals surface area contributed by atoms with Gasteiger partial charge in [-0.15, -0.1) is 11.3 Å². The first-order chi connectivity index (χ1) is 11.4. The Hall–Kier alpha value is -1.98. The number of aryl methyl sites for hydroxylation is 1. The first kappa shape index (κ1) is 16.9. The van der Waals surface area contributed by atoms with E-state index < -0.39 is 5.97 Å². The molecule has 2 aromatic heterocycles. The largest absolute Gasteiger partial charge is 0.495 e. The molecule has 2 heterocycles.